The second kappa shape index (κ2) is 9.14. The highest BCUT2D eigenvalue weighted by Crippen LogP contribution is 2.22. The van der Waals surface area contributed by atoms with Gasteiger partial charge in [0.05, 0.1) is 17.9 Å². The summed E-state index contributed by atoms with van der Waals surface area (Å²) in [4.78, 5) is 29.7. The van der Waals surface area contributed by atoms with Crippen LogP contribution < -0.4 is 5.32 Å². The normalized spacial score (nSPS) is 10.5. The molecule has 0 fully saturated rings. The van der Waals surface area contributed by atoms with E-state index in [2.05, 4.69) is 20.5 Å². The third-order valence-electron chi connectivity index (χ3n) is 3.78. The fourth-order valence-corrected chi connectivity index (χ4v) is 2.95. The minimum Gasteiger partial charge on any atom is -0.411 e. The Hall–Kier alpha value is -3.20. The van der Waals surface area contributed by atoms with Crippen LogP contribution in [0.1, 0.15) is 5.56 Å². The Morgan fingerprint density at radius 3 is 2.68 bits per heavy atom. The van der Waals surface area contributed by atoms with Gasteiger partial charge in [0.1, 0.15) is 0 Å². The average molecular weight is 397 g/mol. The summed E-state index contributed by atoms with van der Waals surface area (Å²) in [6.45, 7) is 1.93. The number of pyridine rings is 1. The Balaban J connectivity index is 1.47. The molecule has 1 aromatic carbocycles. The molecule has 2 aromatic heterocycles. The largest absolute Gasteiger partial charge is 0.411 e. The molecule has 8 nitrogen and oxygen atoms in total. The fraction of sp³-hybridized carbons (Fsp3) is 0.211. The Labute approximate surface area is 166 Å². The van der Waals surface area contributed by atoms with Crippen molar-refractivity contribution in [3.05, 3.63) is 54.4 Å². The lowest BCUT2D eigenvalue weighted by Gasteiger charge is -2.16. The number of nitrogens with zero attached hydrogens (tertiary/aromatic N) is 4. The number of amides is 2. The number of nitrogens with one attached hydrogen (secondary N) is 1. The minimum absolute atomic E-state index is 0.0436. The smallest absolute Gasteiger partial charge is 0.277 e. The van der Waals surface area contributed by atoms with E-state index in [9.17, 15) is 9.59 Å². The molecule has 0 aliphatic rings. The standard InChI is InChI=1S/C19H19N5O3S/c1-13-5-7-15(8-6-13)21-16(25)11-24(2)17(26)12-28-19-23-22-18(27-19)14-4-3-9-20-10-14/h3-10H,11-12H2,1-2H3,(H,21,25). The van der Waals surface area contributed by atoms with Gasteiger partial charge in [0, 0.05) is 25.1 Å². The van der Waals surface area contributed by atoms with Gasteiger partial charge in [0.15, 0.2) is 0 Å². The quantitative estimate of drug-likeness (QED) is 0.612. The third kappa shape index (κ3) is 5.40. The van der Waals surface area contributed by atoms with Gasteiger partial charge in [-0.25, -0.2) is 0 Å². The molecule has 0 spiro atoms. The van der Waals surface area contributed by atoms with Crippen molar-refractivity contribution in [1.82, 2.24) is 20.1 Å². The number of benzene rings is 1. The van der Waals surface area contributed by atoms with Gasteiger partial charge in [-0.3, -0.25) is 14.6 Å². The van der Waals surface area contributed by atoms with Crippen LogP contribution in [0.25, 0.3) is 11.5 Å². The summed E-state index contributed by atoms with van der Waals surface area (Å²) in [7, 11) is 1.58. The first-order valence-electron chi connectivity index (χ1n) is 8.48. The molecule has 0 saturated carbocycles. The molecule has 3 rings (SSSR count). The zero-order valence-corrected chi connectivity index (χ0v) is 16.3. The first-order valence-corrected chi connectivity index (χ1v) is 9.47. The van der Waals surface area contributed by atoms with Crippen LogP contribution in [0, 0.1) is 6.92 Å². The van der Waals surface area contributed by atoms with Crippen LogP contribution in [0.15, 0.2) is 58.4 Å². The number of aryl methyl sites for hydroxylation is 1. The molecule has 0 saturated heterocycles. The van der Waals surface area contributed by atoms with E-state index in [1.165, 1.54) is 4.90 Å². The van der Waals surface area contributed by atoms with Crippen molar-refractivity contribution in [2.24, 2.45) is 0 Å². The fourth-order valence-electron chi connectivity index (χ4n) is 2.25. The van der Waals surface area contributed by atoms with Crippen molar-refractivity contribution in [2.45, 2.75) is 12.1 Å². The van der Waals surface area contributed by atoms with Crippen LogP contribution in [0.3, 0.4) is 0 Å². The van der Waals surface area contributed by atoms with Crippen LogP contribution >= 0.6 is 11.8 Å². The zero-order valence-electron chi connectivity index (χ0n) is 15.5. The van der Waals surface area contributed by atoms with E-state index in [1.54, 1.807) is 31.6 Å². The maximum Gasteiger partial charge on any atom is 0.277 e. The van der Waals surface area contributed by atoms with E-state index >= 15 is 0 Å². The van der Waals surface area contributed by atoms with E-state index in [4.69, 9.17) is 4.42 Å². The second-order valence-corrected chi connectivity index (χ2v) is 6.99. The highest BCUT2D eigenvalue weighted by Gasteiger charge is 2.16. The Kier molecular flexibility index (Phi) is 6.38. The van der Waals surface area contributed by atoms with Crippen LogP contribution in [0.5, 0.6) is 0 Å². The van der Waals surface area contributed by atoms with Crippen LogP contribution in [0.4, 0.5) is 5.69 Å². The first kappa shape index (κ1) is 19.6. The number of carbonyl (C=O) groups excluding carboxylic acids is 2. The third-order valence-corrected chi connectivity index (χ3v) is 4.58. The summed E-state index contributed by atoms with van der Waals surface area (Å²) in [6, 6.07) is 11.0. The van der Waals surface area contributed by atoms with E-state index in [-0.39, 0.29) is 29.3 Å². The average Bonchev–Trinajstić information content (AvgIpc) is 3.17. The Morgan fingerprint density at radius 2 is 1.96 bits per heavy atom. The predicted molar refractivity (Wildman–Crippen MR) is 106 cm³/mol. The maximum absolute atomic E-state index is 12.3. The van der Waals surface area contributed by atoms with Gasteiger partial charge in [0.25, 0.3) is 5.22 Å². The van der Waals surface area contributed by atoms with Gasteiger partial charge in [-0.2, -0.15) is 0 Å². The molecule has 0 aliphatic heterocycles. The van der Waals surface area contributed by atoms with Gasteiger partial charge >= 0.3 is 0 Å². The van der Waals surface area contributed by atoms with E-state index in [1.807, 2.05) is 31.2 Å². The van der Waals surface area contributed by atoms with Crippen LogP contribution in [-0.2, 0) is 9.59 Å². The molecule has 0 unspecified atom stereocenters. The van der Waals surface area contributed by atoms with Crippen molar-refractivity contribution >= 4 is 29.3 Å². The summed E-state index contributed by atoms with van der Waals surface area (Å²) in [5.41, 5.74) is 2.51. The molecule has 1 N–H and O–H groups in total. The number of hydrogen-bond donors (Lipinski definition) is 1. The van der Waals surface area contributed by atoms with Gasteiger partial charge in [-0.1, -0.05) is 29.5 Å². The number of aromatic nitrogens is 3. The van der Waals surface area contributed by atoms with Gasteiger partial charge in [-0.15, -0.1) is 10.2 Å². The second-order valence-electron chi connectivity index (χ2n) is 6.07. The van der Waals surface area contributed by atoms with E-state index in [0.717, 1.165) is 17.3 Å². The lowest BCUT2D eigenvalue weighted by Crippen LogP contribution is -2.35. The Morgan fingerprint density at radius 1 is 1.18 bits per heavy atom. The summed E-state index contributed by atoms with van der Waals surface area (Å²) < 4.78 is 5.52. The Bertz CT molecular complexity index is 944. The van der Waals surface area contributed by atoms with E-state index < -0.39 is 0 Å². The highest BCUT2D eigenvalue weighted by molar-refractivity contribution is 7.99. The molecule has 3 aromatic rings. The summed E-state index contributed by atoms with van der Waals surface area (Å²) in [5.74, 6) is -0.0522. The SMILES string of the molecule is Cc1ccc(NC(=O)CN(C)C(=O)CSc2nnc(-c3cccnc3)o2)cc1. The maximum atomic E-state index is 12.3. The van der Waals surface area contributed by atoms with Crippen molar-refractivity contribution in [1.29, 1.82) is 0 Å². The molecule has 2 amide bonds. The van der Waals surface area contributed by atoms with Crippen molar-refractivity contribution in [2.75, 3.05) is 24.7 Å². The number of hydrogen-bond acceptors (Lipinski definition) is 7. The molecule has 144 valence electrons. The zero-order chi connectivity index (χ0) is 19.9. The lowest BCUT2D eigenvalue weighted by atomic mass is 10.2. The van der Waals surface area contributed by atoms with Crippen molar-refractivity contribution < 1.29 is 14.0 Å². The molecule has 28 heavy (non-hydrogen) atoms. The van der Waals surface area contributed by atoms with Crippen molar-refractivity contribution in [3.63, 3.8) is 0 Å². The summed E-state index contributed by atoms with van der Waals surface area (Å²) in [6.07, 6.45) is 3.27. The van der Waals surface area contributed by atoms with Gasteiger partial charge in [-0.05, 0) is 31.2 Å². The number of rotatable bonds is 7. The number of carbonyl (C=O) groups is 2. The topological polar surface area (TPSA) is 101 Å². The molecule has 0 atom stereocenters. The molecule has 2 heterocycles. The van der Waals surface area contributed by atoms with Gasteiger partial charge < -0.3 is 14.6 Å². The number of likely N-dealkylation sites (N-methyl/N-ethyl adjacent to an activating group) is 1. The molecular weight excluding hydrogens is 378 g/mol. The minimum atomic E-state index is -0.263. The predicted octanol–water partition coefficient (Wildman–Crippen LogP) is 2.63. The monoisotopic (exact) mass is 397 g/mol. The molecule has 0 aliphatic carbocycles. The summed E-state index contributed by atoms with van der Waals surface area (Å²) >= 11 is 1.12. The van der Waals surface area contributed by atoms with Gasteiger partial charge in [0.2, 0.25) is 17.7 Å². The summed E-state index contributed by atoms with van der Waals surface area (Å²) in [5, 5.41) is 10.9. The number of thioether (sulfide) groups is 1. The first-order chi connectivity index (χ1) is 13.5. The van der Waals surface area contributed by atoms with Crippen LogP contribution in [0.2, 0.25) is 0 Å². The molecule has 0 radical (unpaired) electrons. The van der Waals surface area contributed by atoms with Crippen LogP contribution in [-0.4, -0.2) is 51.2 Å². The molecule has 9 heteroatoms. The molecular formula is C19H19N5O3S. The highest BCUT2D eigenvalue weighted by atomic mass is 32.2. The number of anilines is 1. The van der Waals surface area contributed by atoms with Crippen molar-refractivity contribution in [3.8, 4) is 11.5 Å². The van der Waals surface area contributed by atoms with E-state index in [0.29, 0.717) is 17.1 Å². The lowest BCUT2D eigenvalue weighted by molar-refractivity contribution is -0.131. The molecule has 0 bridgehead atoms.